The van der Waals surface area contributed by atoms with E-state index in [0.717, 1.165) is 55.1 Å². The van der Waals surface area contributed by atoms with Crippen LogP contribution in [0.15, 0.2) is 24.5 Å². The Hall–Kier alpha value is -1.93. The number of aromatic nitrogens is 4. The first kappa shape index (κ1) is 15.6. The highest BCUT2D eigenvalue weighted by molar-refractivity contribution is 7.99. The number of hydrogen-bond donors (Lipinski definition) is 0. The molecular formula is C16H20N6OS. The lowest BCUT2D eigenvalue weighted by molar-refractivity contribution is 0.122. The van der Waals surface area contributed by atoms with Crippen LogP contribution in [0.3, 0.4) is 0 Å². The van der Waals surface area contributed by atoms with Gasteiger partial charge in [0.1, 0.15) is 0 Å². The maximum absolute atomic E-state index is 5.45. The maximum Gasteiger partial charge on any atom is 0.230 e. The zero-order valence-corrected chi connectivity index (χ0v) is 14.3. The van der Waals surface area contributed by atoms with E-state index in [0.29, 0.717) is 19.0 Å². The summed E-state index contributed by atoms with van der Waals surface area (Å²) in [6, 6.07) is 3.89. The fraction of sp³-hybridized carbons (Fsp3) is 0.500. The van der Waals surface area contributed by atoms with Crippen molar-refractivity contribution < 1.29 is 4.74 Å². The topological polar surface area (TPSA) is 67.3 Å². The number of hydrogen-bond acceptors (Lipinski definition) is 8. The van der Waals surface area contributed by atoms with E-state index >= 15 is 0 Å². The van der Waals surface area contributed by atoms with Crippen molar-refractivity contribution in [3.8, 4) is 11.4 Å². The second-order valence-corrected chi connectivity index (χ2v) is 6.92. The molecule has 0 atom stereocenters. The minimum Gasteiger partial charge on any atom is -0.378 e. The monoisotopic (exact) mass is 344 g/mol. The van der Waals surface area contributed by atoms with Crippen molar-refractivity contribution in [3.05, 3.63) is 24.5 Å². The molecule has 24 heavy (non-hydrogen) atoms. The molecule has 2 aliphatic heterocycles. The third kappa shape index (κ3) is 3.44. The molecule has 0 saturated carbocycles. The van der Waals surface area contributed by atoms with Gasteiger partial charge < -0.3 is 14.5 Å². The maximum atomic E-state index is 5.45. The summed E-state index contributed by atoms with van der Waals surface area (Å²) in [5, 5.41) is 0. The Balaban J connectivity index is 1.72. The van der Waals surface area contributed by atoms with E-state index in [1.807, 2.05) is 23.9 Å². The Bertz CT molecular complexity index is 637. The summed E-state index contributed by atoms with van der Waals surface area (Å²) in [4.78, 5) is 22.8. The molecule has 2 aromatic rings. The number of thioether (sulfide) groups is 1. The molecule has 0 N–H and O–H groups in total. The molecule has 2 fully saturated rings. The smallest absolute Gasteiger partial charge is 0.230 e. The fourth-order valence-corrected chi connectivity index (χ4v) is 3.69. The Labute approximate surface area is 145 Å². The van der Waals surface area contributed by atoms with Crippen LogP contribution in [0, 0.1) is 0 Å². The summed E-state index contributed by atoms with van der Waals surface area (Å²) in [6.45, 7) is 5.00. The normalized spacial score (nSPS) is 18.7. The molecule has 7 nitrogen and oxygen atoms in total. The van der Waals surface area contributed by atoms with Crippen molar-refractivity contribution >= 4 is 23.7 Å². The van der Waals surface area contributed by atoms with Crippen LogP contribution in [0.2, 0.25) is 0 Å². The van der Waals surface area contributed by atoms with Crippen LogP contribution in [-0.2, 0) is 4.74 Å². The van der Waals surface area contributed by atoms with Crippen LogP contribution in [0.5, 0.6) is 0 Å². The van der Waals surface area contributed by atoms with Gasteiger partial charge in [0.05, 0.1) is 13.2 Å². The molecule has 0 bridgehead atoms. The van der Waals surface area contributed by atoms with Gasteiger partial charge in [-0.25, -0.2) is 0 Å². The van der Waals surface area contributed by atoms with Crippen LogP contribution < -0.4 is 9.80 Å². The van der Waals surface area contributed by atoms with Gasteiger partial charge in [0, 0.05) is 55.6 Å². The van der Waals surface area contributed by atoms with E-state index in [1.54, 1.807) is 12.4 Å². The highest BCUT2D eigenvalue weighted by Gasteiger charge is 2.21. The van der Waals surface area contributed by atoms with Crippen LogP contribution >= 0.6 is 11.8 Å². The van der Waals surface area contributed by atoms with Gasteiger partial charge in [-0.05, 0) is 12.1 Å². The molecule has 0 aliphatic carbocycles. The zero-order valence-electron chi connectivity index (χ0n) is 13.5. The molecule has 4 rings (SSSR count). The molecule has 2 aliphatic rings. The molecule has 8 heteroatoms. The van der Waals surface area contributed by atoms with E-state index in [-0.39, 0.29) is 0 Å². The Kier molecular flexibility index (Phi) is 4.75. The lowest BCUT2D eigenvalue weighted by Crippen LogP contribution is -2.39. The van der Waals surface area contributed by atoms with Gasteiger partial charge in [-0.3, -0.25) is 4.98 Å². The van der Waals surface area contributed by atoms with Crippen LogP contribution in [0.4, 0.5) is 11.9 Å². The summed E-state index contributed by atoms with van der Waals surface area (Å²) in [7, 11) is 0. The first-order valence-corrected chi connectivity index (χ1v) is 9.37. The van der Waals surface area contributed by atoms with Crippen molar-refractivity contribution in [2.24, 2.45) is 0 Å². The standard InChI is InChI=1S/C16H20N6OS/c1-2-13(12-17-3-1)14-18-15(21-4-8-23-9-5-21)20-16(19-14)22-6-10-24-11-7-22/h1-3,12H,4-11H2. The van der Waals surface area contributed by atoms with Crippen molar-refractivity contribution in [2.45, 2.75) is 0 Å². The van der Waals surface area contributed by atoms with Gasteiger partial charge in [0.2, 0.25) is 11.9 Å². The number of pyridine rings is 1. The summed E-state index contributed by atoms with van der Waals surface area (Å²) in [5.74, 6) is 4.42. The summed E-state index contributed by atoms with van der Waals surface area (Å²) in [6.07, 6.45) is 3.56. The van der Waals surface area contributed by atoms with E-state index in [2.05, 4.69) is 14.8 Å². The first-order valence-electron chi connectivity index (χ1n) is 8.22. The second-order valence-electron chi connectivity index (χ2n) is 5.70. The van der Waals surface area contributed by atoms with Crippen molar-refractivity contribution in [1.29, 1.82) is 0 Å². The van der Waals surface area contributed by atoms with Gasteiger partial charge in [0.25, 0.3) is 0 Å². The predicted octanol–water partition coefficient (Wildman–Crippen LogP) is 1.32. The van der Waals surface area contributed by atoms with Gasteiger partial charge >= 0.3 is 0 Å². The molecule has 0 amide bonds. The Morgan fingerprint density at radius 2 is 1.62 bits per heavy atom. The molecule has 4 heterocycles. The molecule has 2 aromatic heterocycles. The number of ether oxygens (including phenoxy) is 1. The zero-order chi connectivity index (χ0) is 16.2. The van der Waals surface area contributed by atoms with E-state index in [4.69, 9.17) is 19.7 Å². The lowest BCUT2D eigenvalue weighted by Gasteiger charge is -2.30. The second kappa shape index (κ2) is 7.31. The third-order valence-electron chi connectivity index (χ3n) is 4.12. The van der Waals surface area contributed by atoms with Crippen molar-refractivity contribution in [1.82, 2.24) is 19.9 Å². The fourth-order valence-electron chi connectivity index (χ4n) is 2.79. The highest BCUT2D eigenvalue weighted by atomic mass is 32.2. The summed E-state index contributed by atoms with van der Waals surface area (Å²) in [5.41, 5.74) is 0.919. The van der Waals surface area contributed by atoms with Gasteiger partial charge in [0.15, 0.2) is 5.82 Å². The van der Waals surface area contributed by atoms with Gasteiger partial charge in [-0.15, -0.1) is 0 Å². The third-order valence-corrected chi connectivity index (χ3v) is 5.06. The molecule has 126 valence electrons. The van der Waals surface area contributed by atoms with Crippen LogP contribution in [-0.4, -0.2) is 70.8 Å². The van der Waals surface area contributed by atoms with Gasteiger partial charge in [-0.1, -0.05) is 0 Å². The number of nitrogens with zero attached hydrogens (tertiary/aromatic N) is 6. The molecule has 2 saturated heterocycles. The summed E-state index contributed by atoms with van der Waals surface area (Å²) < 4.78 is 5.45. The SMILES string of the molecule is c1cncc(-c2nc(N3CCOCC3)nc(N3CCSCC3)n2)c1. The minimum atomic E-state index is 0.688. The van der Waals surface area contributed by atoms with E-state index in [9.17, 15) is 0 Å². The number of anilines is 2. The lowest BCUT2D eigenvalue weighted by atomic mass is 10.3. The largest absolute Gasteiger partial charge is 0.378 e. The minimum absolute atomic E-state index is 0.688. The molecule has 0 radical (unpaired) electrons. The Morgan fingerprint density at radius 3 is 2.29 bits per heavy atom. The summed E-state index contributed by atoms with van der Waals surface area (Å²) >= 11 is 1.98. The number of rotatable bonds is 3. The van der Waals surface area contributed by atoms with E-state index in [1.165, 1.54) is 0 Å². The quantitative estimate of drug-likeness (QED) is 0.826. The van der Waals surface area contributed by atoms with Crippen molar-refractivity contribution in [3.63, 3.8) is 0 Å². The van der Waals surface area contributed by atoms with Crippen LogP contribution in [0.1, 0.15) is 0 Å². The molecule has 0 spiro atoms. The molecule has 0 unspecified atom stereocenters. The highest BCUT2D eigenvalue weighted by Crippen LogP contribution is 2.23. The average Bonchev–Trinajstić information content (AvgIpc) is 2.70. The van der Waals surface area contributed by atoms with Crippen molar-refractivity contribution in [2.75, 3.05) is 60.7 Å². The van der Waals surface area contributed by atoms with Gasteiger partial charge in [-0.2, -0.15) is 26.7 Å². The number of morpholine rings is 1. The van der Waals surface area contributed by atoms with E-state index < -0.39 is 0 Å². The molecule has 0 aromatic carbocycles. The molecular weight excluding hydrogens is 324 g/mol. The predicted molar refractivity (Wildman–Crippen MR) is 95.6 cm³/mol. The average molecular weight is 344 g/mol. The Morgan fingerprint density at radius 1 is 0.917 bits per heavy atom. The first-order chi connectivity index (χ1) is 11.9. The van der Waals surface area contributed by atoms with Crippen LogP contribution in [0.25, 0.3) is 11.4 Å².